The van der Waals surface area contributed by atoms with Crippen molar-refractivity contribution >= 4 is 44.2 Å². The van der Waals surface area contributed by atoms with E-state index in [4.69, 9.17) is 4.74 Å². The van der Waals surface area contributed by atoms with E-state index in [0.29, 0.717) is 23.5 Å². The second-order valence-corrected chi connectivity index (χ2v) is 7.71. The highest BCUT2D eigenvalue weighted by Gasteiger charge is 2.24. The van der Waals surface area contributed by atoms with Gasteiger partial charge in [-0.25, -0.2) is 4.79 Å². The number of para-hydroxylation sites is 1. The van der Waals surface area contributed by atoms with Crippen molar-refractivity contribution in [3.05, 3.63) is 71.3 Å². The van der Waals surface area contributed by atoms with E-state index in [1.807, 2.05) is 61.5 Å². The minimum Gasteiger partial charge on any atom is -0.464 e. The van der Waals surface area contributed by atoms with E-state index in [0.717, 1.165) is 21.0 Å². The summed E-state index contributed by atoms with van der Waals surface area (Å²) in [5.41, 5.74) is 1.14. The Hall–Kier alpha value is -3.32. The van der Waals surface area contributed by atoms with Crippen LogP contribution in [0, 0.1) is 0 Å². The van der Waals surface area contributed by atoms with Gasteiger partial charge in [0.25, 0.3) is 5.91 Å². The molecule has 0 N–H and O–H groups in total. The average Bonchev–Trinajstić information content (AvgIpc) is 3.12. The number of esters is 1. The number of hydrogen-bond acceptors (Lipinski definition) is 5. The van der Waals surface area contributed by atoms with E-state index < -0.39 is 11.9 Å². The molecule has 0 spiro atoms. The van der Waals surface area contributed by atoms with Gasteiger partial charge in [-0.05, 0) is 36.9 Å². The van der Waals surface area contributed by atoms with Crippen LogP contribution in [-0.4, -0.2) is 28.0 Å². The number of aromatic nitrogens is 2. The van der Waals surface area contributed by atoms with Crippen molar-refractivity contribution in [2.45, 2.75) is 26.3 Å². The first-order valence-electron chi connectivity index (χ1n) is 9.83. The minimum atomic E-state index is -0.562. The fourth-order valence-electron chi connectivity index (χ4n) is 3.49. The van der Waals surface area contributed by atoms with E-state index in [9.17, 15) is 9.59 Å². The van der Waals surface area contributed by atoms with Gasteiger partial charge in [-0.15, -0.1) is 0 Å². The van der Waals surface area contributed by atoms with Gasteiger partial charge in [0.1, 0.15) is 11.7 Å². The summed E-state index contributed by atoms with van der Waals surface area (Å²) in [4.78, 5) is 34.9. The topological polar surface area (TPSA) is 73.6 Å². The summed E-state index contributed by atoms with van der Waals surface area (Å²) in [5.74, 6) is -0.772. The predicted molar refractivity (Wildman–Crippen MR) is 117 cm³/mol. The number of rotatable bonds is 5. The summed E-state index contributed by atoms with van der Waals surface area (Å²) in [5, 5.41) is 1.67. The lowest BCUT2D eigenvalue weighted by Crippen LogP contribution is -2.29. The highest BCUT2D eigenvalue weighted by atomic mass is 32.1. The van der Waals surface area contributed by atoms with Crippen LogP contribution in [0.15, 0.2) is 65.8 Å². The zero-order chi connectivity index (χ0) is 21.1. The first kappa shape index (κ1) is 20.0. The molecule has 2 heterocycles. The van der Waals surface area contributed by atoms with Gasteiger partial charge in [-0.3, -0.25) is 9.78 Å². The summed E-state index contributed by atoms with van der Waals surface area (Å²) < 4.78 is 8.02. The number of fused-ring (bicyclic) bond motifs is 2. The molecule has 7 heteroatoms. The van der Waals surface area contributed by atoms with Gasteiger partial charge < -0.3 is 9.30 Å². The standard InChI is InChI=1S/C23H21N3O3S/c1-3-17(22(28)29-4-2)26-18-11-7-8-12-19(18)30-23(26)25-21(27)20-16-10-6-5-9-15(16)13-14-24-20/h5-14,17H,3-4H2,1-2H3/b25-23+. The number of carbonyl (C=O) groups excluding carboxylic acids is 2. The number of hydrogen-bond donors (Lipinski definition) is 0. The molecular formula is C23H21N3O3S. The summed E-state index contributed by atoms with van der Waals surface area (Å²) in [6.07, 6.45) is 2.13. The van der Waals surface area contributed by atoms with Gasteiger partial charge >= 0.3 is 5.97 Å². The molecule has 1 amide bonds. The molecule has 152 valence electrons. The second kappa shape index (κ2) is 8.59. The van der Waals surface area contributed by atoms with Crippen LogP contribution in [0.25, 0.3) is 21.0 Å². The molecule has 2 aromatic carbocycles. The van der Waals surface area contributed by atoms with Crippen LogP contribution in [0.5, 0.6) is 0 Å². The van der Waals surface area contributed by atoms with Crippen LogP contribution in [0.3, 0.4) is 0 Å². The van der Waals surface area contributed by atoms with E-state index in [2.05, 4.69) is 9.98 Å². The van der Waals surface area contributed by atoms with Crippen LogP contribution < -0.4 is 4.80 Å². The number of amides is 1. The van der Waals surface area contributed by atoms with Gasteiger partial charge in [-0.2, -0.15) is 4.99 Å². The van der Waals surface area contributed by atoms with E-state index in [1.165, 1.54) is 11.3 Å². The maximum Gasteiger partial charge on any atom is 0.329 e. The molecule has 2 aromatic heterocycles. The molecule has 30 heavy (non-hydrogen) atoms. The van der Waals surface area contributed by atoms with Crippen molar-refractivity contribution in [3.8, 4) is 0 Å². The molecule has 0 fully saturated rings. The van der Waals surface area contributed by atoms with Crippen molar-refractivity contribution < 1.29 is 14.3 Å². The summed E-state index contributed by atoms with van der Waals surface area (Å²) in [6.45, 7) is 3.99. The van der Waals surface area contributed by atoms with Crippen LogP contribution in [0.4, 0.5) is 0 Å². The maximum atomic E-state index is 13.1. The van der Waals surface area contributed by atoms with Crippen molar-refractivity contribution in [2.24, 2.45) is 4.99 Å². The second-order valence-electron chi connectivity index (χ2n) is 6.70. The van der Waals surface area contributed by atoms with E-state index >= 15 is 0 Å². The molecular weight excluding hydrogens is 398 g/mol. The van der Waals surface area contributed by atoms with Crippen molar-refractivity contribution in [3.63, 3.8) is 0 Å². The van der Waals surface area contributed by atoms with Crippen molar-refractivity contribution in [1.29, 1.82) is 0 Å². The van der Waals surface area contributed by atoms with E-state index in [-0.39, 0.29) is 5.97 Å². The molecule has 6 nitrogen and oxygen atoms in total. The fourth-order valence-corrected chi connectivity index (χ4v) is 4.56. The molecule has 0 saturated heterocycles. The average molecular weight is 420 g/mol. The summed E-state index contributed by atoms with van der Waals surface area (Å²) in [6, 6.07) is 16.6. The summed E-state index contributed by atoms with van der Waals surface area (Å²) in [7, 11) is 0. The number of ether oxygens (including phenoxy) is 1. The molecule has 0 aliphatic rings. The van der Waals surface area contributed by atoms with Crippen molar-refractivity contribution in [2.75, 3.05) is 6.61 Å². The third kappa shape index (κ3) is 3.64. The molecule has 1 unspecified atom stereocenters. The lowest BCUT2D eigenvalue weighted by Gasteiger charge is -2.16. The van der Waals surface area contributed by atoms with Gasteiger partial charge in [0, 0.05) is 11.6 Å². The Bertz CT molecular complexity index is 1300. The Morgan fingerprint density at radius 3 is 2.67 bits per heavy atom. The third-order valence-corrected chi connectivity index (χ3v) is 5.90. The highest BCUT2D eigenvalue weighted by molar-refractivity contribution is 7.16. The Morgan fingerprint density at radius 2 is 1.87 bits per heavy atom. The van der Waals surface area contributed by atoms with Gasteiger partial charge in [0.05, 0.1) is 16.8 Å². The van der Waals surface area contributed by atoms with Gasteiger partial charge in [-0.1, -0.05) is 54.7 Å². The monoisotopic (exact) mass is 419 g/mol. The van der Waals surface area contributed by atoms with Gasteiger partial charge in [0.2, 0.25) is 0 Å². The predicted octanol–water partition coefficient (Wildman–Crippen LogP) is 4.51. The van der Waals surface area contributed by atoms with Gasteiger partial charge in [0.15, 0.2) is 4.80 Å². The van der Waals surface area contributed by atoms with Crippen LogP contribution in [0.1, 0.15) is 36.8 Å². The molecule has 0 saturated carbocycles. The lowest BCUT2D eigenvalue weighted by molar-refractivity contribution is -0.147. The van der Waals surface area contributed by atoms with Crippen LogP contribution in [0.2, 0.25) is 0 Å². The first-order valence-corrected chi connectivity index (χ1v) is 10.6. The molecule has 1 atom stereocenters. The third-order valence-electron chi connectivity index (χ3n) is 4.86. The molecule has 0 radical (unpaired) electrons. The normalized spacial score (nSPS) is 12.9. The quantitative estimate of drug-likeness (QED) is 0.446. The van der Waals surface area contributed by atoms with Crippen LogP contribution >= 0.6 is 11.3 Å². The van der Waals surface area contributed by atoms with Crippen LogP contribution in [-0.2, 0) is 9.53 Å². The smallest absolute Gasteiger partial charge is 0.329 e. The minimum absolute atomic E-state index is 0.293. The number of thiazole rings is 1. The SMILES string of the molecule is CCOC(=O)C(CC)n1/c(=N\C(=O)c2nccc3ccccc23)sc2ccccc21. The Labute approximate surface area is 177 Å². The first-order chi connectivity index (χ1) is 14.6. The van der Waals surface area contributed by atoms with E-state index in [1.54, 1.807) is 17.7 Å². The molecule has 0 bridgehead atoms. The number of pyridine rings is 1. The Morgan fingerprint density at radius 1 is 1.10 bits per heavy atom. The maximum absolute atomic E-state index is 13.1. The zero-order valence-electron chi connectivity index (χ0n) is 16.7. The molecule has 0 aliphatic carbocycles. The lowest BCUT2D eigenvalue weighted by atomic mass is 10.1. The number of carbonyl (C=O) groups is 2. The molecule has 0 aliphatic heterocycles. The Balaban J connectivity index is 1.90. The Kier molecular flexibility index (Phi) is 5.72. The number of benzene rings is 2. The molecule has 4 aromatic rings. The highest BCUT2D eigenvalue weighted by Crippen LogP contribution is 2.24. The molecule has 4 rings (SSSR count). The van der Waals surface area contributed by atoms with Crippen molar-refractivity contribution in [1.82, 2.24) is 9.55 Å². The fraction of sp³-hybridized carbons (Fsp3) is 0.217. The number of nitrogens with zero attached hydrogens (tertiary/aromatic N) is 3. The summed E-state index contributed by atoms with van der Waals surface area (Å²) >= 11 is 1.37. The largest absolute Gasteiger partial charge is 0.464 e. The zero-order valence-corrected chi connectivity index (χ0v) is 17.6.